The molecule has 164 valence electrons. The molecule has 0 saturated carbocycles. The normalized spacial score (nSPS) is 21.6. The van der Waals surface area contributed by atoms with Gasteiger partial charge >= 0.3 is 0 Å². The minimum atomic E-state index is -0.254. The number of hydrogen-bond donors (Lipinski definition) is 3. The smallest absolute Gasteiger partial charge is 0.238 e. The average molecular weight is 423 g/mol. The number of para-hydroxylation sites is 1. The van der Waals surface area contributed by atoms with Gasteiger partial charge < -0.3 is 15.0 Å². The first kappa shape index (κ1) is 21.3. The molecule has 7 heteroatoms. The number of piperidine rings is 1. The van der Waals surface area contributed by atoms with Crippen molar-refractivity contribution in [1.82, 2.24) is 21.1 Å². The highest BCUT2D eigenvalue weighted by Gasteiger charge is 2.32. The summed E-state index contributed by atoms with van der Waals surface area (Å²) in [7, 11) is 1.62. The molecule has 0 bridgehead atoms. The number of carbonyl (C=O) groups is 2. The highest BCUT2D eigenvalue weighted by atomic mass is 16.5. The van der Waals surface area contributed by atoms with Gasteiger partial charge in [0.1, 0.15) is 11.8 Å². The first-order chi connectivity index (χ1) is 15.1. The maximum Gasteiger partial charge on any atom is 0.238 e. The Morgan fingerprint density at radius 2 is 1.74 bits per heavy atom. The second-order valence-electron chi connectivity index (χ2n) is 8.19. The maximum absolute atomic E-state index is 12.7. The Morgan fingerprint density at radius 1 is 1.03 bits per heavy atom. The summed E-state index contributed by atoms with van der Waals surface area (Å²) in [5.41, 5.74) is 8.42. The minimum absolute atomic E-state index is 0.0183. The zero-order chi connectivity index (χ0) is 21.6. The van der Waals surface area contributed by atoms with Crippen LogP contribution in [0.1, 0.15) is 36.4 Å². The van der Waals surface area contributed by atoms with Gasteiger partial charge in [-0.2, -0.15) is 0 Å². The fourth-order valence-electron chi connectivity index (χ4n) is 4.33. The van der Waals surface area contributed by atoms with Crippen molar-refractivity contribution >= 4 is 11.8 Å². The minimum Gasteiger partial charge on any atom is -0.496 e. The second-order valence-corrected chi connectivity index (χ2v) is 8.19. The van der Waals surface area contributed by atoms with E-state index in [-0.39, 0.29) is 29.9 Å². The number of hydrazine groups is 1. The van der Waals surface area contributed by atoms with Crippen molar-refractivity contribution in [3.8, 4) is 5.75 Å². The largest absolute Gasteiger partial charge is 0.496 e. The fraction of sp³-hybridized carbons (Fsp3) is 0.417. The molecular formula is C24H30N4O3. The molecule has 2 aliphatic heterocycles. The van der Waals surface area contributed by atoms with Crippen molar-refractivity contribution in [3.05, 3.63) is 65.7 Å². The summed E-state index contributed by atoms with van der Waals surface area (Å²) in [4.78, 5) is 27.3. The molecule has 0 aromatic heterocycles. The summed E-state index contributed by atoms with van der Waals surface area (Å²) in [6.45, 7) is 1.31. The van der Waals surface area contributed by atoms with Gasteiger partial charge in [0.25, 0.3) is 0 Å². The van der Waals surface area contributed by atoms with E-state index in [1.807, 2.05) is 47.4 Å². The Kier molecular flexibility index (Phi) is 6.84. The van der Waals surface area contributed by atoms with E-state index in [1.54, 1.807) is 7.11 Å². The summed E-state index contributed by atoms with van der Waals surface area (Å²) in [5.74, 6) is 0.857. The number of benzene rings is 2. The second kappa shape index (κ2) is 9.94. The quantitative estimate of drug-likeness (QED) is 0.663. The van der Waals surface area contributed by atoms with Gasteiger partial charge in [-0.3, -0.25) is 9.59 Å². The standard InChI is InChI=1S/C24H30N4O3/c1-31-22-10-6-5-9-18(22)15-23(29)28-13-11-19(12-14-28)25-24(30)21-16-20(26-27-21)17-7-3-2-4-8-17/h2-10,19-21,26-27H,11-16H2,1H3,(H,25,30). The third-order valence-electron chi connectivity index (χ3n) is 6.15. The van der Waals surface area contributed by atoms with Gasteiger partial charge in [0, 0.05) is 30.7 Å². The van der Waals surface area contributed by atoms with E-state index in [9.17, 15) is 9.59 Å². The van der Waals surface area contributed by atoms with Crippen LogP contribution >= 0.6 is 0 Å². The van der Waals surface area contributed by atoms with Gasteiger partial charge in [-0.15, -0.1) is 0 Å². The van der Waals surface area contributed by atoms with Crippen LogP contribution < -0.4 is 20.9 Å². The Balaban J connectivity index is 1.23. The summed E-state index contributed by atoms with van der Waals surface area (Å²) in [6, 6.07) is 17.7. The predicted molar refractivity (Wildman–Crippen MR) is 118 cm³/mol. The van der Waals surface area contributed by atoms with Crippen LogP contribution in [0.3, 0.4) is 0 Å². The zero-order valence-electron chi connectivity index (χ0n) is 17.8. The van der Waals surface area contributed by atoms with E-state index in [0.29, 0.717) is 25.9 Å². The Morgan fingerprint density at radius 3 is 2.48 bits per heavy atom. The van der Waals surface area contributed by atoms with Gasteiger partial charge in [-0.05, 0) is 30.9 Å². The van der Waals surface area contributed by atoms with Crippen molar-refractivity contribution in [2.24, 2.45) is 0 Å². The van der Waals surface area contributed by atoms with E-state index in [2.05, 4.69) is 28.3 Å². The maximum atomic E-state index is 12.7. The molecule has 2 aromatic rings. The number of methoxy groups -OCH3 is 1. The highest BCUT2D eigenvalue weighted by Crippen LogP contribution is 2.23. The van der Waals surface area contributed by atoms with Crippen molar-refractivity contribution in [1.29, 1.82) is 0 Å². The number of nitrogens with zero attached hydrogens (tertiary/aromatic N) is 1. The van der Waals surface area contributed by atoms with Crippen LogP contribution in [-0.4, -0.2) is 49.0 Å². The van der Waals surface area contributed by atoms with Gasteiger partial charge in [0.2, 0.25) is 11.8 Å². The van der Waals surface area contributed by atoms with Crippen LogP contribution in [0.2, 0.25) is 0 Å². The molecule has 2 aliphatic rings. The van der Waals surface area contributed by atoms with Crippen molar-refractivity contribution in [2.75, 3.05) is 20.2 Å². The molecule has 2 atom stereocenters. The molecular weight excluding hydrogens is 392 g/mol. The Bertz CT molecular complexity index is 897. The summed E-state index contributed by atoms with van der Waals surface area (Å²) >= 11 is 0. The van der Waals surface area contributed by atoms with E-state index in [1.165, 1.54) is 5.56 Å². The molecule has 2 unspecified atom stereocenters. The lowest BCUT2D eigenvalue weighted by atomic mass is 10.0. The lowest BCUT2D eigenvalue weighted by molar-refractivity contribution is -0.131. The summed E-state index contributed by atoms with van der Waals surface area (Å²) < 4.78 is 5.35. The number of ether oxygens (including phenoxy) is 1. The molecule has 0 radical (unpaired) electrons. The van der Waals surface area contributed by atoms with E-state index < -0.39 is 0 Å². The number of carbonyl (C=O) groups excluding carboxylic acids is 2. The van der Waals surface area contributed by atoms with Crippen LogP contribution in [-0.2, 0) is 16.0 Å². The molecule has 2 amide bonds. The lowest BCUT2D eigenvalue weighted by Crippen LogP contribution is -2.51. The predicted octanol–water partition coefficient (Wildman–Crippen LogP) is 1.95. The van der Waals surface area contributed by atoms with Gasteiger partial charge in [0.05, 0.1) is 13.5 Å². The summed E-state index contributed by atoms with van der Waals surface area (Å²) in [5, 5.41) is 3.16. The molecule has 4 rings (SSSR count). The Hall–Kier alpha value is -2.90. The molecule has 0 spiro atoms. The number of likely N-dealkylation sites (tertiary alicyclic amines) is 1. The van der Waals surface area contributed by atoms with Crippen LogP contribution in [0.25, 0.3) is 0 Å². The molecule has 31 heavy (non-hydrogen) atoms. The third-order valence-corrected chi connectivity index (χ3v) is 6.15. The van der Waals surface area contributed by atoms with Crippen LogP contribution in [0.4, 0.5) is 0 Å². The number of nitrogens with one attached hydrogen (secondary N) is 3. The third kappa shape index (κ3) is 5.24. The topological polar surface area (TPSA) is 82.7 Å². The molecule has 2 heterocycles. The molecule has 0 aliphatic carbocycles. The van der Waals surface area contributed by atoms with Crippen molar-refractivity contribution < 1.29 is 14.3 Å². The van der Waals surface area contributed by atoms with E-state index in [0.717, 1.165) is 24.2 Å². The van der Waals surface area contributed by atoms with Crippen molar-refractivity contribution in [3.63, 3.8) is 0 Å². The van der Waals surface area contributed by atoms with Gasteiger partial charge in [-0.25, -0.2) is 10.9 Å². The van der Waals surface area contributed by atoms with Gasteiger partial charge in [0.15, 0.2) is 0 Å². The SMILES string of the molecule is COc1ccccc1CC(=O)N1CCC(NC(=O)C2CC(c3ccccc3)NN2)CC1. The van der Waals surface area contributed by atoms with Gasteiger partial charge in [-0.1, -0.05) is 48.5 Å². The van der Waals surface area contributed by atoms with Crippen LogP contribution in [0.15, 0.2) is 54.6 Å². The monoisotopic (exact) mass is 422 g/mol. The highest BCUT2D eigenvalue weighted by molar-refractivity contribution is 5.82. The molecule has 2 saturated heterocycles. The number of hydrogen-bond acceptors (Lipinski definition) is 5. The van der Waals surface area contributed by atoms with Crippen molar-refractivity contribution in [2.45, 2.75) is 43.8 Å². The van der Waals surface area contributed by atoms with E-state index >= 15 is 0 Å². The first-order valence-electron chi connectivity index (χ1n) is 10.9. The molecule has 7 nitrogen and oxygen atoms in total. The van der Waals surface area contributed by atoms with Crippen LogP contribution in [0, 0.1) is 0 Å². The number of amides is 2. The Labute approximate surface area is 183 Å². The lowest BCUT2D eigenvalue weighted by Gasteiger charge is -2.33. The number of rotatable bonds is 6. The van der Waals surface area contributed by atoms with E-state index in [4.69, 9.17) is 4.74 Å². The zero-order valence-corrected chi connectivity index (χ0v) is 17.8. The average Bonchev–Trinajstić information content (AvgIpc) is 3.31. The first-order valence-corrected chi connectivity index (χ1v) is 10.9. The fourth-order valence-corrected chi connectivity index (χ4v) is 4.33. The summed E-state index contributed by atoms with van der Waals surface area (Å²) in [6.07, 6.45) is 2.59. The molecule has 2 aromatic carbocycles. The molecule has 2 fully saturated rings. The van der Waals surface area contributed by atoms with Crippen LogP contribution in [0.5, 0.6) is 5.75 Å². The molecule has 3 N–H and O–H groups in total.